The lowest BCUT2D eigenvalue weighted by Crippen LogP contribution is -2.45. The van der Waals surface area contributed by atoms with Crippen LogP contribution in [-0.2, 0) is 0 Å². The molecule has 0 spiro atoms. The summed E-state index contributed by atoms with van der Waals surface area (Å²) in [5.41, 5.74) is -1.16. The average molecular weight is 524 g/mol. The van der Waals surface area contributed by atoms with Crippen molar-refractivity contribution >= 4 is 28.7 Å². The largest absolute Gasteiger partial charge is 0.389 e. The van der Waals surface area contributed by atoms with Crippen LogP contribution >= 0.6 is 11.3 Å². The number of carbonyl (C=O) groups is 2. The van der Waals surface area contributed by atoms with Crippen LogP contribution in [0.5, 0.6) is 0 Å². The monoisotopic (exact) mass is 523 g/mol. The van der Waals surface area contributed by atoms with Crippen molar-refractivity contribution in [2.75, 3.05) is 13.1 Å². The Morgan fingerprint density at radius 2 is 2.00 bits per heavy atom. The summed E-state index contributed by atoms with van der Waals surface area (Å²) in [7, 11) is 0. The molecule has 36 heavy (non-hydrogen) atoms. The van der Waals surface area contributed by atoms with Gasteiger partial charge in [-0.3, -0.25) is 14.9 Å². The van der Waals surface area contributed by atoms with E-state index < -0.39 is 24.1 Å². The summed E-state index contributed by atoms with van der Waals surface area (Å²) in [5.74, 6) is -0.932. The topological polar surface area (TPSA) is 107 Å². The molecule has 8 nitrogen and oxygen atoms in total. The molecule has 3 heterocycles. The van der Waals surface area contributed by atoms with Gasteiger partial charge in [0.15, 0.2) is 5.01 Å². The number of thiazole rings is 1. The van der Waals surface area contributed by atoms with E-state index in [1.165, 1.54) is 12.3 Å². The first kappa shape index (κ1) is 26.7. The lowest BCUT2D eigenvalue weighted by atomic mass is 10.00. The summed E-state index contributed by atoms with van der Waals surface area (Å²) in [4.78, 5) is 32.5. The van der Waals surface area contributed by atoms with Gasteiger partial charge in [0.05, 0.1) is 16.6 Å². The highest BCUT2D eigenvalue weighted by Gasteiger charge is 2.35. The molecule has 2 fully saturated rings. The lowest BCUT2D eigenvalue weighted by molar-refractivity contribution is 0.0692. The molecular formula is C25H35F2N5O3S. The number of aliphatic hydroxyl groups is 1. The summed E-state index contributed by atoms with van der Waals surface area (Å²) < 4.78 is 28.5. The molecule has 0 radical (unpaired) electrons. The van der Waals surface area contributed by atoms with Gasteiger partial charge >= 0.3 is 0 Å². The van der Waals surface area contributed by atoms with Crippen LogP contribution in [0, 0.1) is 0 Å². The zero-order chi connectivity index (χ0) is 26.0. The van der Waals surface area contributed by atoms with E-state index >= 15 is 0 Å². The fourth-order valence-corrected chi connectivity index (χ4v) is 5.90. The van der Waals surface area contributed by atoms with Gasteiger partial charge in [-0.05, 0) is 52.5 Å². The van der Waals surface area contributed by atoms with Crippen molar-refractivity contribution in [2.45, 2.75) is 89.6 Å². The zero-order valence-electron chi connectivity index (χ0n) is 20.9. The van der Waals surface area contributed by atoms with Gasteiger partial charge in [0, 0.05) is 42.5 Å². The molecule has 2 amide bonds. The second-order valence-electron chi connectivity index (χ2n) is 10.5. The normalized spacial score (nSPS) is 23.0. The average Bonchev–Trinajstić information content (AvgIpc) is 3.57. The first-order valence-corrected chi connectivity index (χ1v) is 13.4. The first-order valence-electron chi connectivity index (χ1n) is 12.6. The SMILES string of the molecule is CC1CCCN1C(=O)c1nc(C(=O)NCC(C)(C)O)sc1C1=CNC(NC2CCCC2)C=C1C(F)F. The van der Waals surface area contributed by atoms with Gasteiger partial charge < -0.3 is 20.6 Å². The van der Waals surface area contributed by atoms with E-state index in [-0.39, 0.29) is 51.3 Å². The minimum atomic E-state index is -2.77. The number of hydrogen-bond donors (Lipinski definition) is 4. The Morgan fingerprint density at radius 3 is 2.61 bits per heavy atom. The first-order chi connectivity index (χ1) is 17.0. The molecule has 1 saturated carbocycles. The number of rotatable bonds is 8. The van der Waals surface area contributed by atoms with Crippen LogP contribution < -0.4 is 16.0 Å². The number of dihydropyridines is 1. The fourth-order valence-electron chi connectivity index (χ4n) is 4.89. The molecule has 0 aromatic carbocycles. The van der Waals surface area contributed by atoms with E-state index in [2.05, 4.69) is 20.9 Å². The maximum absolute atomic E-state index is 14.3. The molecule has 2 aliphatic heterocycles. The summed E-state index contributed by atoms with van der Waals surface area (Å²) in [5, 5.41) is 19.1. The van der Waals surface area contributed by atoms with Crippen molar-refractivity contribution in [3.63, 3.8) is 0 Å². The number of allylic oxidation sites excluding steroid dienone is 2. The number of hydrogen-bond acceptors (Lipinski definition) is 7. The second kappa shape index (κ2) is 10.9. The predicted molar refractivity (Wildman–Crippen MR) is 135 cm³/mol. The maximum atomic E-state index is 14.3. The smallest absolute Gasteiger partial charge is 0.280 e. The van der Waals surface area contributed by atoms with Crippen molar-refractivity contribution in [3.8, 4) is 0 Å². The third-order valence-corrected chi connectivity index (χ3v) is 7.92. The Labute approximate surface area is 214 Å². The van der Waals surface area contributed by atoms with E-state index in [4.69, 9.17) is 0 Å². The van der Waals surface area contributed by atoms with Crippen LogP contribution in [-0.4, -0.2) is 70.2 Å². The van der Waals surface area contributed by atoms with Crippen LogP contribution in [0.1, 0.15) is 84.5 Å². The Morgan fingerprint density at radius 1 is 1.28 bits per heavy atom. The van der Waals surface area contributed by atoms with Crippen molar-refractivity contribution < 1.29 is 23.5 Å². The van der Waals surface area contributed by atoms with Gasteiger partial charge in [0.25, 0.3) is 18.2 Å². The molecule has 1 aromatic rings. The van der Waals surface area contributed by atoms with E-state index in [0.717, 1.165) is 49.9 Å². The standard InChI is InChI=1S/C25H35F2N5O3S/c1-14-7-6-10-32(14)24(34)19-20(36-23(31-19)22(33)29-13-25(2,3)35)17-12-28-18(11-16(17)21(26)27)30-15-8-4-5-9-15/h11-12,14-15,18,21,28,30,35H,4-10,13H2,1-3H3,(H,29,33). The minimum Gasteiger partial charge on any atom is -0.389 e. The highest BCUT2D eigenvalue weighted by atomic mass is 32.1. The number of nitrogens with zero attached hydrogens (tertiary/aromatic N) is 2. The minimum absolute atomic E-state index is 0.00285. The number of carbonyl (C=O) groups excluding carboxylic acids is 2. The second-order valence-corrected chi connectivity index (χ2v) is 11.5. The van der Waals surface area contributed by atoms with Crippen LogP contribution in [0.3, 0.4) is 0 Å². The quantitative estimate of drug-likeness (QED) is 0.417. The van der Waals surface area contributed by atoms with E-state index in [9.17, 15) is 23.5 Å². The van der Waals surface area contributed by atoms with E-state index in [1.807, 2.05) is 6.92 Å². The van der Waals surface area contributed by atoms with Crippen LogP contribution in [0.25, 0.3) is 5.57 Å². The van der Waals surface area contributed by atoms with Crippen LogP contribution in [0.4, 0.5) is 8.78 Å². The molecular weight excluding hydrogens is 488 g/mol. The summed E-state index contributed by atoms with van der Waals surface area (Å²) in [6, 6.07) is 0.277. The molecule has 4 N–H and O–H groups in total. The van der Waals surface area contributed by atoms with Gasteiger partial charge in [0.2, 0.25) is 0 Å². The number of alkyl halides is 2. The number of amides is 2. The van der Waals surface area contributed by atoms with Gasteiger partial charge in [-0.1, -0.05) is 12.8 Å². The third-order valence-electron chi connectivity index (χ3n) is 6.83. The Bertz CT molecular complexity index is 1040. The number of nitrogens with one attached hydrogen (secondary N) is 3. The van der Waals surface area contributed by atoms with Crippen LogP contribution in [0.2, 0.25) is 0 Å². The summed E-state index contributed by atoms with van der Waals surface area (Å²) in [6.07, 6.45) is 5.73. The molecule has 2 unspecified atom stereocenters. The molecule has 11 heteroatoms. The molecule has 198 valence electrons. The Balaban J connectivity index is 1.66. The van der Waals surface area contributed by atoms with E-state index in [1.54, 1.807) is 18.7 Å². The molecule has 1 saturated heterocycles. The lowest BCUT2D eigenvalue weighted by Gasteiger charge is -2.27. The number of likely N-dealkylation sites (tertiary alicyclic amines) is 1. The number of aromatic nitrogens is 1. The van der Waals surface area contributed by atoms with Gasteiger partial charge in [-0.25, -0.2) is 13.8 Å². The third kappa shape index (κ3) is 6.12. The number of halogens is 2. The van der Waals surface area contributed by atoms with Crippen molar-refractivity contribution in [1.29, 1.82) is 0 Å². The van der Waals surface area contributed by atoms with E-state index in [0.29, 0.717) is 6.54 Å². The molecule has 2 atom stereocenters. The highest BCUT2D eigenvalue weighted by molar-refractivity contribution is 7.15. The molecule has 0 bridgehead atoms. The fraction of sp³-hybridized carbons (Fsp3) is 0.640. The molecule has 1 aliphatic carbocycles. The molecule has 3 aliphatic rings. The highest BCUT2D eigenvalue weighted by Crippen LogP contribution is 2.37. The maximum Gasteiger partial charge on any atom is 0.280 e. The zero-order valence-corrected chi connectivity index (χ0v) is 21.8. The Kier molecular flexibility index (Phi) is 8.11. The summed E-state index contributed by atoms with van der Waals surface area (Å²) >= 11 is 0.913. The molecule has 4 rings (SSSR count). The van der Waals surface area contributed by atoms with Gasteiger partial charge in [-0.15, -0.1) is 11.3 Å². The molecule has 1 aromatic heterocycles. The van der Waals surface area contributed by atoms with Crippen molar-refractivity contribution in [2.24, 2.45) is 0 Å². The predicted octanol–water partition coefficient (Wildman–Crippen LogP) is 3.26. The van der Waals surface area contributed by atoms with Gasteiger partial charge in [-0.2, -0.15) is 0 Å². The Hall–Kier alpha value is -2.37. The van der Waals surface area contributed by atoms with Gasteiger partial charge in [0.1, 0.15) is 5.69 Å². The van der Waals surface area contributed by atoms with Crippen LogP contribution in [0.15, 0.2) is 17.8 Å². The summed E-state index contributed by atoms with van der Waals surface area (Å²) in [6.45, 7) is 5.59. The van der Waals surface area contributed by atoms with Crippen molar-refractivity contribution in [1.82, 2.24) is 25.8 Å². The van der Waals surface area contributed by atoms with Crippen molar-refractivity contribution in [3.05, 3.63) is 33.4 Å².